The van der Waals surface area contributed by atoms with Crippen LogP contribution in [0, 0.1) is 6.92 Å². The van der Waals surface area contributed by atoms with E-state index in [1.54, 1.807) is 19.5 Å². The quantitative estimate of drug-likeness (QED) is 0.613. The lowest BCUT2D eigenvalue weighted by Crippen LogP contribution is -2.42. The molecular weight excluding hydrogens is 396 g/mol. The fourth-order valence-corrected chi connectivity index (χ4v) is 3.91. The zero-order chi connectivity index (χ0) is 22.0. The highest BCUT2D eigenvalue weighted by Crippen LogP contribution is 2.27. The lowest BCUT2D eigenvalue weighted by Gasteiger charge is -2.23. The van der Waals surface area contributed by atoms with E-state index in [1.165, 1.54) is 6.33 Å². The summed E-state index contributed by atoms with van der Waals surface area (Å²) in [5.74, 6) is 2.03. The van der Waals surface area contributed by atoms with E-state index in [-0.39, 0.29) is 12.0 Å². The second kappa shape index (κ2) is 8.93. The Morgan fingerprint density at radius 2 is 2.03 bits per heavy atom. The molecule has 0 unspecified atom stereocenters. The number of carbonyl (C=O) groups excluding carboxylic acids is 1. The fraction of sp³-hybridized carbons (Fsp3) is 0.524. The van der Waals surface area contributed by atoms with Crippen LogP contribution < -0.4 is 5.32 Å². The van der Waals surface area contributed by atoms with E-state index in [0.29, 0.717) is 48.9 Å². The Balaban J connectivity index is 1.66. The summed E-state index contributed by atoms with van der Waals surface area (Å²) in [6, 6.07) is -0.397. The summed E-state index contributed by atoms with van der Waals surface area (Å²) in [4.78, 5) is 37.2. The van der Waals surface area contributed by atoms with Crippen molar-refractivity contribution in [2.75, 3.05) is 25.5 Å². The number of carbonyl (C=O) groups is 1. The number of imidazole rings is 1. The first-order valence-corrected chi connectivity index (χ1v) is 10.6. The largest absolute Gasteiger partial charge is 0.380 e. The van der Waals surface area contributed by atoms with Crippen LogP contribution in [-0.4, -0.2) is 72.6 Å². The molecule has 4 heterocycles. The zero-order valence-corrected chi connectivity index (χ0v) is 18.4. The van der Waals surface area contributed by atoms with Crippen molar-refractivity contribution in [3.05, 3.63) is 24.5 Å². The molecule has 10 nitrogen and oxygen atoms in total. The molecule has 1 saturated heterocycles. The van der Waals surface area contributed by atoms with Crippen molar-refractivity contribution in [1.29, 1.82) is 0 Å². The van der Waals surface area contributed by atoms with E-state index in [0.717, 1.165) is 17.8 Å². The van der Waals surface area contributed by atoms with Crippen molar-refractivity contribution in [2.24, 2.45) is 0 Å². The number of amides is 1. The summed E-state index contributed by atoms with van der Waals surface area (Å²) in [6.07, 6.45) is 6.61. The number of ether oxygens (including phenoxy) is 1. The normalized spacial score (nSPS) is 17.3. The van der Waals surface area contributed by atoms with E-state index in [4.69, 9.17) is 9.72 Å². The molecule has 10 heteroatoms. The minimum atomic E-state index is -0.397. The van der Waals surface area contributed by atoms with Crippen LogP contribution in [0.2, 0.25) is 0 Å². The van der Waals surface area contributed by atoms with Crippen LogP contribution in [0.3, 0.4) is 0 Å². The summed E-state index contributed by atoms with van der Waals surface area (Å²) in [6.45, 7) is 7.87. The predicted molar refractivity (Wildman–Crippen MR) is 116 cm³/mol. The summed E-state index contributed by atoms with van der Waals surface area (Å²) in [5.41, 5.74) is 2.14. The lowest BCUT2D eigenvalue weighted by atomic mass is 10.2. The van der Waals surface area contributed by atoms with Crippen molar-refractivity contribution in [1.82, 2.24) is 34.4 Å². The Hall–Kier alpha value is -3.14. The van der Waals surface area contributed by atoms with Crippen LogP contribution >= 0.6 is 0 Å². The molecule has 2 atom stereocenters. The van der Waals surface area contributed by atoms with Gasteiger partial charge < -0.3 is 19.5 Å². The number of rotatable bonds is 7. The monoisotopic (exact) mass is 424 g/mol. The SMILES string of the molecule is CC[C@@H](Nc1ncnc2c1nc(-c1cnc(C)nc1)n2CC)C(=O)N1CC[C@@H](OC)C1. The molecule has 1 aliphatic rings. The smallest absolute Gasteiger partial charge is 0.245 e. The number of aromatic nitrogens is 6. The predicted octanol–water partition coefficient (Wildman–Crippen LogP) is 2.05. The minimum absolute atomic E-state index is 0.0518. The van der Waals surface area contributed by atoms with Gasteiger partial charge >= 0.3 is 0 Å². The highest BCUT2D eigenvalue weighted by molar-refractivity contribution is 5.90. The van der Waals surface area contributed by atoms with Gasteiger partial charge in [0.05, 0.1) is 11.7 Å². The average molecular weight is 425 g/mol. The molecule has 0 radical (unpaired) electrons. The van der Waals surface area contributed by atoms with Gasteiger partial charge in [0, 0.05) is 39.1 Å². The number of hydrogen-bond donors (Lipinski definition) is 1. The van der Waals surface area contributed by atoms with Crippen LogP contribution in [0.15, 0.2) is 18.7 Å². The molecule has 3 aromatic rings. The van der Waals surface area contributed by atoms with Gasteiger partial charge in [-0.2, -0.15) is 0 Å². The second-order valence-electron chi connectivity index (χ2n) is 7.63. The Kier molecular flexibility index (Phi) is 6.08. The topological polar surface area (TPSA) is 111 Å². The van der Waals surface area contributed by atoms with Gasteiger partial charge in [0.1, 0.15) is 24.0 Å². The van der Waals surface area contributed by atoms with E-state index in [1.807, 2.05) is 30.2 Å². The molecule has 31 heavy (non-hydrogen) atoms. The molecule has 1 amide bonds. The van der Waals surface area contributed by atoms with Gasteiger partial charge in [0.2, 0.25) is 5.91 Å². The Labute approximate surface area is 181 Å². The summed E-state index contributed by atoms with van der Waals surface area (Å²) >= 11 is 0. The molecule has 0 aliphatic carbocycles. The molecular formula is C21H28N8O2. The first-order valence-electron chi connectivity index (χ1n) is 10.6. The van der Waals surface area contributed by atoms with E-state index in [2.05, 4.69) is 25.3 Å². The van der Waals surface area contributed by atoms with Crippen LogP contribution in [0.1, 0.15) is 32.5 Å². The van der Waals surface area contributed by atoms with E-state index >= 15 is 0 Å². The third-order valence-electron chi connectivity index (χ3n) is 5.69. The highest BCUT2D eigenvalue weighted by atomic mass is 16.5. The van der Waals surface area contributed by atoms with Gasteiger partial charge in [-0.05, 0) is 26.7 Å². The Morgan fingerprint density at radius 1 is 1.26 bits per heavy atom. The molecule has 0 saturated carbocycles. The Morgan fingerprint density at radius 3 is 2.68 bits per heavy atom. The number of likely N-dealkylation sites (tertiary alicyclic amines) is 1. The highest BCUT2D eigenvalue weighted by Gasteiger charge is 2.31. The van der Waals surface area contributed by atoms with Crippen LogP contribution in [0.5, 0.6) is 0 Å². The van der Waals surface area contributed by atoms with Crippen molar-refractivity contribution in [2.45, 2.75) is 52.3 Å². The van der Waals surface area contributed by atoms with Crippen molar-refractivity contribution in [3.63, 3.8) is 0 Å². The first-order chi connectivity index (χ1) is 15.0. The van der Waals surface area contributed by atoms with Crippen molar-refractivity contribution in [3.8, 4) is 11.4 Å². The van der Waals surface area contributed by atoms with E-state index in [9.17, 15) is 4.79 Å². The second-order valence-corrected chi connectivity index (χ2v) is 7.63. The molecule has 164 valence electrons. The van der Waals surface area contributed by atoms with Gasteiger partial charge in [-0.1, -0.05) is 6.92 Å². The molecule has 0 aromatic carbocycles. The van der Waals surface area contributed by atoms with Gasteiger partial charge in [-0.3, -0.25) is 4.79 Å². The summed E-state index contributed by atoms with van der Waals surface area (Å²) in [7, 11) is 1.69. The standard InChI is InChI=1S/C21H28N8O2/c1-5-16(21(30)28-8-7-15(11-28)31-4)26-18-17-20(25-12-24-18)29(6-2)19(27-17)14-9-22-13(3)23-10-14/h9-10,12,15-16H,5-8,11H2,1-4H3,(H,24,25,26)/t15-,16-/m1/s1. The summed E-state index contributed by atoms with van der Waals surface area (Å²) < 4.78 is 7.40. The number of nitrogens with one attached hydrogen (secondary N) is 1. The van der Waals surface area contributed by atoms with Gasteiger partial charge in [-0.15, -0.1) is 0 Å². The van der Waals surface area contributed by atoms with Crippen molar-refractivity contribution >= 4 is 22.9 Å². The zero-order valence-electron chi connectivity index (χ0n) is 18.4. The number of aryl methyl sites for hydroxylation is 2. The van der Waals surface area contributed by atoms with Gasteiger partial charge in [-0.25, -0.2) is 24.9 Å². The molecule has 3 aromatic heterocycles. The van der Waals surface area contributed by atoms with Crippen LogP contribution in [0.25, 0.3) is 22.6 Å². The van der Waals surface area contributed by atoms with E-state index < -0.39 is 6.04 Å². The maximum absolute atomic E-state index is 13.1. The van der Waals surface area contributed by atoms with Crippen LogP contribution in [-0.2, 0) is 16.1 Å². The molecule has 4 rings (SSSR count). The van der Waals surface area contributed by atoms with Gasteiger partial charge in [0.25, 0.3) is 0 Å². The third kappa shape index (κ3) is 4.07. The maximum atomic E-state index is 13.1. The van der Waals surface area contributed by atoms with Crippen LogP contribution in [0.4, 0.5) is 5.82 Å². The number of hydrogen-bond acceptors (Lipinski definition) is 8. The average Bonchev–Trinajstić information content (AvgIpc) is 3.42. The van der Waals surface area contributed by atoms with Gasteiger partial charge in [0.15, 0.2) is 17.0 Å². The number of nitrogens with zero attached hydrogens (tertiary/aromatic N) is 7. The molecule has 1 N–H and O–H groups in total. The number of fused-ring (bicyclic) bond motifs is 1. The Bertz CT molecular complexity index is 1070. The lowest BCUT2D eigenvalue weighted by molar-refractivity contribution is -0.131. The number of methoxy groups -OCH3 is 1. The maximum Gasteiger partial charge on any atom is 0.245 e. The summed E-state index contributed by atoms with van der Waals surface area (Å²) in [5, 5.41) is 3.32. The van der Waals surface area contributed by atoms with Crippen molar-refractivity contribution < 1.29 is 9.53 Å². The molecule has 1 aliphatic heterocycles. The number of anilines is 1. The fourth-order valence-electron chi connectivity index (χ4n) is 3.91. The molecule has 0 spiro atoms. The first kappa shape index (κ1) is 21.1. The third-order valence-corrected chi connectivity index (χ3v) is 5.69. The minimum Gasteiger partial charge on any atom is -0.380 e. The molecule has 1 fully saturated rings. The molecule has 0 bridgehead atoms.